The third kappa shape index (κ3) is 2.37. The number of thiazole rings is 1. The van der Waals surface area contributed by atoms with Gasteiger partial charge in [0.2, 0.25) is 0 Å². The molecule has 1 aromatic carbocycles. The van der Waals surface area contributed by atoms with E-state index in [0.29, 0.717) is 5.56 Å². The minimum atomic E-state index is -0.179. The second kappa shape index (κ2) is 4.94. The molecule has 2 aromatic rings. The van der Waals surface area contributed by atoms with Gasteiger partial charge in [-0.15, -0.1) is 11.3 Å². The molecule has 1 atom stereocenters. The molecule has 0 fully saturated rings. The third-order valence-electron chi connectivity index (χ3n) is 2.81. The molecule has 0 amide bonds. The van der Waals surface area contributed by atoms with Gasteiger partial charge in [0.15, 0.2) is 0 Å². The number of nitrogens with one attached hydrogen (secondary N) is 1. The lowest BCUT2D eigenvalue weighted by atomic mass is 9.97. The molecule has 2 rings (SSSR count). The van der Waals surface area contributed by atoms with Crippen LogP contribution in [0.2, 0.25) is 0 Å². The Bertz CT molecular complexity index is 485. The maximum absolute atomic E-state index is 14.1. The van der Waals surface area contributed by atoms with Gasteiger partial charge < -0.3 is 5.32 Å². The summed E-state index contributed by atoms with van der Waals surface area (Å²) in [4.78, 5) is 4.26. The van der Waals surface area contributed by atoms with Crippen molar-refractivity contribution < 1.29 is 4.39 Å². The quantitative estimate of drug-likeness (QED) is 0.904. The van der Waals surface area contributed by atoms with Crippen LogP contribution in [0.25, 0.3) is 0 Å². The minimum Gasteiger partial charge on any atom is -0.308 e. The van der Waals surface area contributed by atoms with Crippen LogP contribution in [0, 0.1) is 19.7 Å². The third-order valence-corrected chi connectivity index (χ3v) is 3.41. The van der Waals surface area contributed by atoms with Gasteiger partial charge in [-0.25, -0.2) is 9.37 Å². The number of hydrogen-bond donors (Lipinski definition) is 1. The molecule has 1 heterocycles. The van der Waals surface area contributed by atoms with Crippen molar-refractivity contribution in [2.75, 3.05) is 7.05 Å². The first-order valence-corrected chi connectivity index (χ1v) is 6.39. The zero-order valence-corrected chi connectivity index (χ0v) is 10.9. The number of halogens is 1. The molecule has 0 saturated carbocycles. The van der Waals surface area contributed by atoms with E-state index < -0.39 is 0 Å². The van der Waals surface area contributed by atoms with Crippen LogP contribution in [0.3, 0.4) is 0 Å². The van der Waals surface area contributed by atoms with Crippen molar-refractivity contribution in [3.8, 4) is 0 Å². The fourth-order valence-corrected chi connectivity index (χ4v) is 2.68. The molecular formula is C13H15FN2S. The fraction of sp³-hybridized carbons (Fsp3) is 0.308. The Balaban J connectivity index is 2.52. The molecule has 1 unspecified atom stereocenters. The summed E-state index contributed by atoms with van der Waals surface area (Å²) in [5.74, 6) is -0.171. The molecule has 0 aliphatic heterocycles. The smallest absolute Gasteiger partial charge is 0.128 e. The predicted octanol–water partition coefficient (Wildman–Crippen LogP) is 3.21. The van der Waals surface area contributed by atoms with Crippen LogP contribution < -0.4 is 5.32 Å². The van der Waals surface area contributed by atoms with Crippen molar-refractivity contribution in [3.63, 3.8) is 0 Å². The van der Waals surface area contributed by atoms with Gasteiger partial charge in [-0.2, -0.15) is 0 Å². The van der Waals surface area contributed by atoms with Crippen molar-refractivity contribution in [1.82, 2.24) is 10.3 Å². The van der Waals surface area contributed by atoms with Crippen molar-refractivity contribution in [2.45, 2.75) is 19.9 Å². The van der Waals surface area contributed by atoms with E-state index in [2.05, 4.69) is 10.3 Å². The zero-order chi connectivity index (χ0) is 12.4. The Kier molecular flexibility index (Phi) is 3.54. The highest BCUT2D eigenvalue weighted by molar-refractivity contribution is 7.07. The topological polar surface area (TPSA) is 24.9 Å². The summed E-state index contributed by atoms with van der Waals surface area (Å²) in [7, 11) is 1.82. The van der Waals surface area contributed by atoms with E-state index in [1.165, 1.54) is 11.3 Å². The zero-order valence-electron chi connectivity index (χ0n) is 10.1. The van der Waals surface area contributed by atoms with E-state index in [-0.39, 0.29) is 11.9 Å². The second-order valence-corrected chi connectivity index (χ2v) is 4.83. The molecular weight excluding hydrogens is 235 g/mol. The van der Waals surface area contributed by atoms with E-state index in [1.807, 2.05) is 32.3 Å². The molecule has 90 valence electrons. The van der Waals surface area contributed by atoms with Gasteiger partial charge in [0, 0.05) is 10.9 Å². The Hall–Kier alpha value is -1.26. The Morgan fingerprint density at radius 2 is 2.12 bits per heavy atom. The molecule has 17 heavy (non-hydrogen) atoms. The molecule has 1 aromatic heterocycles. The number of aryl methyl sites for hydroxylation is 2. The van der Waals surface area contributed by atoms with Crippen LogP contribution in [0.5, 0.6) is 0 Å². The highest BCUT2D eigenvalue weighted by Crippen LogP contribution is 2.27. The van der Waals surface area contributed by atoms with Gasteiger partial charge in [0.25, 0.3) is 0 Å². The van der Waals surface area contributed by atoms with E-state index in [4.69, 9.17) is 0 Å². The average molecular weight is 250 g/mol. The van der Waals surface area contributed by atoms with Crippen molar-refractivity contribution in [3.05, 3.63) is 51.2 Å². The highest BCUT2D eigenvalue weighted by atomic mass is 32.1. The summed E-state index contributed by atoms with van der Waals surface area (Å²) < 4.78 is 14.1. The predicted molar refractivity (Wildman–Crippen MR) is 68.9 cm³/mol. The number of benzene rings is 1. The molecule has 0 aliphatic rings. The van der Waals surface area contributed by atoms with E-state index in [9.17, 15) is 4.39 Å². The lowest BCUT2D eigenvalue weighted by Gasteiger charge is -2.18. The van der Waals surface area contributed by atoms with Crippen LogP contribution in [0.4, 0.5) is 4.39 Å². The molecule has 0 saturated heterocycles. The Morgan fingerprint density at radius 3 is 2.65 bits per heavy atom. The molecule has 0 spiro atoms. The van der Waals surface area contributed by atoms with Crippen LogP contribution in [-0.4, -0.2) is 12.0 Å². The summed E-state index contributed by atoms with van der Waals surface area (Å²) >= 11 is 1.52. The van der Waals surface area contributed by atoms with Crippen molar-refractivity contribution in [1.29, 1.82) is 0 Å². The lowest BCUT2D eigenvalue weighted by Crippen LogP contribution is -2.20. The highest BCUT2D eigenvalue weighted by Gasteiger charge is 2.20. The Morgan fingerprint density at radius 1 is 1.35 bits per heavy atom. The summed E-state index contributed by atoms with van der Waals surface area (Å²) in [6.07, 6.45) is 0. The number of nitrogens with zero attached hydrogens (tertiary/aromatic N) is 1. The van der Waals surface area contributed by atoms with E-state index >= 15 is 0 Å². The largest absolute Gasteiger partial charge is 0.308 e. The molecule has 0 radical (unpaired) electrons. The summed E-state index contributed by atoms with van der Waals surface area (Å²) in [5.41, 5.74) is 5.21. The summed E-state index contributed by atoms with van der Waals surface area (Å²) in [5, 5.41) is 5.07. The van der Waals surface area contributed by atoms with Gasteiger partial charge in [0.1, 0.15) is 5.82 Å². The maximum Gasteiger partial charge on any atom is 0.128 e. The van der Waals surface area contributed by atoms with Gasteiger partial charge >= 0.3 is 0 Å². The van der Waals surface area contributed by atoms with E-state index in [0.717, 1.165) is 16.8 Å². The second-order valence-electron chi connectivity index (χ2n) is 4.11. The SMILES string of the molecule is CNC(c1cscn1)c1c(C)cc(C)cc1F. The van der Waals surface area contributed by atoms with Crippen LogP contribution in [-0.2, 0) is 0 Å². The molecule has 4 heteroatoms. The maximum atomic E-state index is 14.1. The first-order valence-electron chi connectivity index (χ1n) is 5.45. The number of rotatable bonds is 3. The molecule has 2 nitrogen and oxygen atoms in total. The first-order chi connectivity index (χ1) is 8.13. The van der Waals surface area contributed by atoms with Gasteiger partial charge in [-0.3, -0.25) is 0 Å². The van der Waals surface area contributed by atoms with E-state index in [1.54, 1.807) is 11.6 Å². The summed E-state index contributed by atoms with van der Waals surface area (Å²) in [6.45, 7) is 3.83. The first kappa shape index (κ1) is 12.2. The van der Waals surface area contributed by atoms with Crippen molar-refractivity contribution >= 4 is 11.3 Å². The fourth-order valence-electron chi connectivity index (χ4n) is 2.10. The van der Waals surface area contributed by atoms with Gasteiger partial charge in [-0.1, -0.05) is 6.07 Å². The molecule has 0 aliphatic carbocycles. The lowest BCUT2D eigenvalue weighted by molar-refractivity contribution is 0.567. The number of aromatic nitrogens is 1. The van der Waals surface area contributed by atoms with Crippen LogP contribution in [0.1, 0.15) is 28.4 Å². The van der Waals surface area contributed by atoms with Crippen LogP contribution in [0.15, 0.2) is 23.0 Å². The molecule has 1 N–H and O–H groups in total. The minimum absolute atomic E-state index is 0.171. The number of hydrogen-bond acceptors (Lipinski definition) is 3. The van der Waals surface area contributed by atoms with Crippen LogP contribution >= 0.6 is 11.3 Å². The Labute approximate surface area is 105 Å². The normalized spacial score (nSPS) is 12.7. The van der Waals surface area contributed by atoms with Gasteiger partial charge in [0.05, 0.1) is 17.2 Å². The monoisotopic (exact) mass is 250 g/mol. The standard InChI is InChI=1S/C13H15FN2S/c1-8-4-9(2)12(10(14)5-8)13(15-3)11-6-17-7-16-11/h4-7,13,15H,1-3H3. The van der Waals surface area contributed by atoms with Gasteiger partial charge in [-0.05, 0) is 38.1 Å². The summed E-state index contributed by atoms with van der Waals surface area (Å²) in [6, 6.07) is 3.38. The van der Waals surface area contributed by atoms with Crippen molar-refractivity contribution in [2.24, 2.45) is 0 Å². The average Bonchev–Trinajstić information content (AvgIpc) is 2.76. The molecule has 0 bridgehead atoms.